The van der Waals surface area contributed by atoms with Crippen LogP contribution in [-0.4, -0.2) is 93.0 Å². The molecule has 0 atom stereocenters. The summed E-state index contributed by atoms with van der Waals surface area (Å²) in [6.45, 7) is 11.3. The normalized spacial score (nSPS) is 16.6. The van der Waals surface area contributed by atoms with Crippen LogP contribution in [0.5, 0.6) is 5.75 Å². The summed E-state index contributed by atoms with van der Waals surface area (Å²) in [5.41, 5.74) is 4.88. The number of carbonyl (C=O) groups is 1. The number of likely N-dealkylation sites (tertiary alicyclic amines) is 1. The van der Waals surface area contributed by atoms with E-state index in [1.54, 1.807) is 12.4 Å². The predicted molar refractivity (Wildman–Crippen MR) is 160 cm³/mol. The molecule has 10 heteroatoms. The molecule has 212 valence electrons. The molecule has 2 fully saturated rings. The van der Waals surface area contributed by atoms with E-state index in [0.717, 1.165) is 85.8 Å². The number of nitrogens with zero attached hydrogens (tertiary/aromatic N) is 6. The Morgan fingerprint density at radius 2 is 1.73 bits per heavy atom. The zero-order valence-corrected chi connectivity index (χ0v) is 23.6. The van der Waals surface area contributed by atoms with Crippen LogP contribution >= 0.6 is 0 Å². The number of piperidine rings is 1. The fourth-order valence-corrected chi connectivity index (χ4v) is 5.37. The maximum atomic E-state index is 13.0. The molecule has 41 heavy (non-hydrogen) atoms. The molecule has 1 amide bonds. The molecule has 0 unspecified atom stereocenters. The minimum absolute atomic E-state index is 0.0378. The fraction of sp³-hybridized carbons (Fsp3) is 0.355. The molecule has 2 N–H and O–H groups in total. The number of nitrogens with one attached hydrogen (secondary N) is 2. The van der Waals surface area contributed by atoms with Crippen LogP contribution in [0.4, 0.5) is 11.6 Å². The van der Waals surface area contributed by atoms with Gasteiger partial charge in [0, 0.05) is 92.9 Å². The number of anilines is 2. The number of pyridine rings is 1. The van der Waals surface area contributed by atoms with E-state index in [4.69, 9.17) is 9.72 Å². The highest BCUT2D eigenvalue weighted by atomic mass is 16.5. The number of hydrogen-bond acceptors (Lipinski definition) is 8. The topological polar surface area (TPSA) is 103 Å². The SMILES string of the molecule is C=C(C)N1CCC(Oc2ccnc(-c3ccnc(Nc4ccc5[nH]c(C(=O)N6CCN(C)CC6)cc5c4)n3)c2)CC1. The Balaban J connectivity index is 1.13. The molecule has 2 saturated heterocycles. The summed E-state index contributed by atoms with van der Waals surface area (Å²) in [5, 5.41) is 4.25. The van der Waals surface area contributed by atoms with E-state index >= 15 is 0 Å². The molecule has 5 heterocycles. The smallest absolute Gasteiger partial charge is 0.270 e. The summed E-state index contributed by atoms with van der Waals surface area (Å²) >= 11 is 0. The van der Waals surface area contributed by atoms with Gasteiger partial charge in [0.05, 0.1) is 11.4 Å². The van der Waals surface area contributed by atoms with E-state index in [2.05, 4.69) is 43.7 Å². The summed E-state index contributed by atoms with van der Waals surface area (Å²) < 4.78 is 6.29. The number of carbonyl (C=O) groups excluding carboxylic acids is 1. The summed E-state index contributed by atoms with van der Waals surface area (Å²) in [4.78, 5) is 36.4. The second-order valence-electron chi connectivity index (χ2n) is 10.9. The van der Waals surface area contributed by atoms with Crippen molar-refractivity contribution in [3.63, 3.8) is 0 Å². The molecule has 6 rings (SSSR count). The maximum Gasteiger partial charge on any atom is 0.270 e. The van der Waals surface area contributed by atoms with Crippen molar-refractivity contribution in [3.05, 3.63) is 72.8 Å². The lowest BCUT2D eigenvalue weighted by atomic mass is 10.1. The molecule has 0 radical (unpaired) electrons. The van der Waals surface area contributed by atoms with Crippen LogP contribution < -0.4 is 10.1 Å². The number of amides is 1. The van der Waals surface area contributed by atoms with E-state index in [0.29, 0.717) is 17.3 Å². The first-order valence-electron chi connectivity index (χ1n) is 14.2. The molecular formula is C31H36N8O2. The first kappa shape index (κ1) is 26.8. The van der Waals surface area contributed by atoms with Crippen molar-refractivity contribution in [1.82, 2.24) is 34.6 Å². The van der Waals surface area contributed by atoms with Gasteiger partial charge in [-0.05, 0) is 50.4 Å². The van der Waals surface area contributed by atoms with E-state index in [1.807, 2.05) is 54.3 Å². The van der Waals surface area contributed by atoms with Gasteiger partial charge in [-0.25, -0.2) is 9.97 Å². The third-order valence-electron chi connectivity index (χ3n) is 7.83. The van der Waals surface area contributed by atoms with Crippen molar-refractivity contribution < 1.29 is 9.53 Å². The second kappa shape index (κ2) is 11.6. The zero-order chi connectivity index (χ0) is 28.3. The van der Waals surface area contributed by atoms with Crippen molar-refractivity contribution in [3.8, 4) is 17.1 Å². The lowest BCUT2D eigenvalue weighted by Gasteiger charge is -2.33. The van der Waals surface area contributed by atoms with Crippen molar-refractivity contribution in [2.24, 2.45) is 0 Å². The first-order valence-corrected chi connectivity index (χ1v) is 14.2. The van der Waals surface area contributed by atoms with Crippen molar-refractivity contribution in [2.75, 3.05) is 51.6 Å². The molecule has 10 nitrogen and oxygen atoms in total. The number of piperazine rings is 1. The highest BCUT2D eigenvalue weighted by molar-refractivity contribution is 5.98. The fourth-order valence-electron chi connectivity index (χ4n) is 5.37. The highest BCUT2D eigenvalue weighted by Gasteiger charge is 2.22. The zero-order valence-electron chi connectivity index (χ0n) is 23.6. The molecule has 0 bridgehead atoms. The van der Waals surface area contributed by atoms with E-state index in [1.165, 1.54) is 0 Å². The molecule has 2 aliphatic rings. The molecule has 1 aromatic carbocycles. The molecule has 0 aliphatic carbocycles. The molecule has 4 aromatic rings. The Labute approximate surface area is 240 Å². The minimum atomic E-state index is 0.0378. The highest BCUT2D eigenvalue weighted by Crippen LogP contribution is 2.26. The van der Waals surface area contributed by atoms with Crippen LogP contribution in [0, 0.1) is 0 Å². The van der Waals surface area contributed by atoms with Crippen LogP contribution in [0.15, 0.2) is 67.1 Å². The largest absolute Gasteiger partial charge is 0.490 e. The van der Waals surface area contributed by atoms with Crippen LogP contribution in [0.25, 0.3) is 22.3 Å². The number of rotatable bonds is 7. The monoisotopic (exact) mass is 552 g/mol. The van der Waals surface area contributed by atoms with Crippen molar-refractivity contribution in [2.45, 2.75) is 25.9 Å². The van der Waals surface area contributed by atoms with Crippen LogP contribution in [-0.2, 0) is 0 Å². The van der Waals surface area contributed by atoms with Gasteiger partial charge in [-0.2, -0.15) is 0 Å². The Morgan fingerprint density at radius 1 is 0.951 bits per heavy atom. The average Bonchev–Trinajstić information content (AvgIpc) is 3.41. The maximum absolute atomic E-state index is 13.0. The Morgan fingerprint density at radius 3 is 2.51 bits per heavy atom. The van der Waals surface area contributed by atoms with Gasteiger partial charge in [0.25, 0.3) is 5.91 Å². The van der Waals surface area contributed by atoms with Crippen molar-refractivity contribution >= 4 is 28.4 Å². The number of H-pyrrole nitrogens is 1. The number of aromatic nitrogens is 4. The predicted octanol–water partition coefficient (Wildman–Crippen LogP) is 4.53. The number of aromatic amines is 1. The van der Waals surface area contributed by atoms with Gasteiger partial charge < -0.3 is 29.7 Å². The number of benzene rings is 1. The van der Waals surface area contributed by atoms with Gasteiger partial charge in [0.1, 0.15) is 17.5 Å². The van der Waals surface area contributed by atoms with Gasteiger partial charge in [0.15, 0.2) is 0 Å². The molecule has 2 aliphatic heterocycles. The summed E-state index contributed by atoms with van der Waals surface area (Å²) in [7, 11) is 2.08. The lowest BCUT2D eigenvalue weighted by molar-refractivity contribution is 0.0659. The van der Waals surface area contributed by atoms with Crippen LogP contribution in [0.3, 0.4) is 0 Å². The number of likely N-dealkylation sites (N-methyl/N-ethyl adjacent to an activating group) is 1. The Kier molecular flexibility index (Phi) is 7.56. The molecular weight excluding hydrogens is 516 g/mol. The molecule has 0 spiro atoms. The van der Waals surface area contributed by atoms with Crippen LogP contribution in [0.2, 0.25) is 0 Å². The first-order chi connectivity index (χ1) is 19.9. The van der Waals surface area contributed by atoms with E-state index in [-0.39, 0.29) is 12.0 Å². The van der Waals surface area contributed by atoms with Crippen LogP contribution in [0.1, 0.15) is 30.3 Å². The number of hydrogen-bond donors (Lipinski definition) is 2. The van der Waals surface area contributed by atoms with E-state index in [9.17, 15) is 4.79 Å². The van der Waals surface area contributed by atoms with Crippen molar-refractivity contribution in [1.29, 1.82) is 0 Å². The van der Waals surface area contributed by atoms with Gasteiger partial charge in [0.2, 0.25) is 5.95 Å². The number of ether oxygens (including phenoxy) is 1. The minimum Gasteiger partial charge on any atom is -0.490 e. The Bertz CT molecular complexity index is 1550. The second-order valence-corrected chi connectivity index (χ2v) is 10.9. The summed E-state index contributed by atoms with van der Waals surface area (Å²) in [6.07, 6.45) is 5.56. The summed E-state index contributed by atoms with van der Waals surface area (Å²) in [5.74, 6) is 1.29. The third-order valence-corrected chi connectivity index (χ3v) is 7.83. The third kappa shape index (κ3) is 6.17. The summed E-state index contributed by atoms with van der Waals surface area (Å²) in [6, 6.07) is 13.5. The number of allylic oxidation sites excluding steroid dienone is 1. The standard InChI is InChI=1S/C31H36N8O2/c1-21(2)38-12-8-24(9-13-38)41-25-6-10-32-28(20-25)27-7-11-33-31(36-27)34-23-4-5-26-22(18-23)19-29(35-26)30(40)39-16-14-37(3)15-17-39/h4-7,10-11,18-20,24,35H,1,8-9,12-17H2,2-3H3,(H,33,34,36). The van der Waals surface area contributed by atoms with E-state index < -0.39 is 0 Å². The average molecular weight is 553 g/mol. The van der Waals surface area contributed by atoms with Gasteiger partial charge in [-0.1, -0.05) is 6.58 Å². The van der Waals surface area contributed by atoms with Gasteiger partial charge >= 0.3 is 0 Å². The molecule has 3 aromatic heterocycles. The van der Waals surface area contributed by atoms with Gasteiger partial charge in [-0.15, -0.1) is 0 Å². The molecule has 0 saturated carbocycles. The quantitative estimate of drug-likeness (QED) is 0.345. The van der Waals surface area contributed by atoms with Gasteiger partial charge in [-0.3, -0.25) is 9.78 Å². The lowest BCUT2D eigenvalue weighted by Crippen LogP contribution is -2.47. The number of fused-ring (bicyclic) bond motifs is 1. The Hall–Kier alpha value is -4.44.